The Morgan fingerprint density at radius 3 is 3.16 bits per heavy atom. The maximum Gasteiger partial charge on any atom is 0.310 e. The van der Waals surface area contributed by atoms with Crippen LogP contribution in [0.15, 0.2) is 18.3 Å². The zero-order valence-electron chi connectivity index (χ0n) is 10.6. The third-order valence-electron chi connectivity index (χ3n) is 3.30. The number of nitriles is 1. The maximum atomic E-state index is 11.1. The second-order valence-corrected chi connectivity index (χ2v) is 4.63. The Labute approximate surface area is 111 Å². The molecule has 6 nitrogen and oxygen atoms in total. The van der Waals surface area contributed by atoms with Crippen molar-refractivity contribution < 1.29 is 14.6 Å². The zero-order chi connectivity index (χ0) is 13.8. The average molecular weight is 261 g/mol. The average Bonchev–Trinajstić information content (AvgIpc) is 2.88. The van der Waals surface area contributed by atoms with Gasteiger partial charge in [-0.2, -0.15) is 5.26 Å². The quantitative estimate of drug-likeness (QED) is 0.848. The van der Waals surface area contributed by atoms with Crippen molar-refractivity contribution in [3.05, 3.63) is 29.6 Å². The molecule has 0 bridgehead atoms. The van der Waals surface area contributed by atoms with Gasteiger partial charge in [-0.15, -0.1) is 0 Å². The van der Waals surface area contributed by atoms with Crippen LogP contribution in [0, 0.1) is 17.2 Å². The summed E-state index contributed by atoms with van der Waals surface area (Å²) >= 11 is 0. The second kappa shape index (κ2) is 5.78. The first-order chi connectivity index (χ1) is 9.11. The van der Waals surface area contributed by atoms with E-state index in [4.69, 9.17) is 15.1 Å². The molecule has 0 radical (unpaired) electrons. The van der Waals surface area contributed by atoms with Crippen LogP contribution >= 0.6 is 0 Å². The molecule has 0 aliphatic carbocycles. The SMILES string of the molecule is CN(Cc1ccnc(C#N)c1)C1COCC1C(=O)O. The predicted molar refractivity (Wildman–Crippen MR) is 66.2 cm³/mol. The highest BCUT2D eigenvalue weighted by atomic mass is 16.5. The number of likely N-dealkylation sites (N-methyl/N-ethyl adjacent to an activating group) is 1. The highest BCUT2D eigenvalue weighted by Crippen LogP contribution is 2.20. The van der Waals surface area contributed by atoms with Crippen molar-refractivity contribution in [2.45, 2.75) is 12.6 Å². The number of aromatic nitrogens is 1. The number of aliphatic carboxylic acids is 1. The molecule has 1 saturated heterocycles. The van der Waals surface area contributed by atoms with Gasteiger partial charge in [0.1, 0.15) is 11.8 Å². The number of carbonyl (C=O) groups is 1. The molecule has 2 unspecified atom stereocenters. The van der Waals surface area contributed by atoms with E-state index in [2.05, 4.69) is 4.98 Å². The van der Waals surface area contributed by atoms with Gasteiger partial charge in [-0.3, -0.25) is 9.69 Å². The van der Waals surface area contributed by atoms with Crippen LogP contribution < -0.4 is 0 Å². The van der Waals surface area contributed by atoms with Crippen LogP contribution in [-0.4, -0.2) is 47.3 Å². The first-order valence-electron chi connectivity index (χ1n) is 5.97. The highest BCUT2D eigenvalue weighted by Gasteiger charge is 2.36. The normalized spacial score (nSPS) is 22.4. The molecule has 1 aliphatic rings. The summed E-state index contributed by atoms with van der Waals surface area (Å²) in [7, 11) is 1.86. The lowest BCUT2D eigenvalue weighted by molar-refractivity contribution is -0.143. The second-order valence-electron chi connectivity index (χ2n) is 4.63. The van der Waals surface area contributed by atoms with E-state index in [0.29, 0.717) is 18.8 Å². The fourth-order valence-corrected chi connectivity index (χ4v) is 2.25. The van der Waals surface area contributed by atoms with Gasteiger partial charge in [-0.1, -0.05) is 0 Å². The monoisotopic (exact) mass is 261 g/mol. The minimum Gasteiger partial charge on any atom is -0.481 e. The molecule has 1 aliphatic heterocycles. The summed E-state index contributed by atoms with van der Waals surface area (Å²) in [6.07, 6.45) is 1.58. The molecule has 19 heavy (non-hydrogen) atoms. The van der Waals surface area contributed by atoms with E-state index in [9.17, 15) is 4.79 Å². The highest BCUT2D eigenvalue weighted by molar-refractivity contribution is 5.71. The van der Waals surface area contributed by atoms with Crippen LogP contribution in [0.5, 0.6) is 0 Å². The van der Waals surface area contributed by atoms with Gasteiger partial charge in [-0.25, -0.2) is 4.98 Å². The minimum absolute atomic E-state index is 0.142. The van der Waals surface area contributed by atoms with Crippen LogP contribution in [0.2, 0.25) is 0 Å². The lowest BCUT2D eigenvalue weighted by Crippen LogP contribution is -2.40. The lowest BCUT2D eigenvalue weighted by atomic mass is 10.0. The summed E-state index contributed by atoms with van der Waals surface area (Å²) in [5.41, 5.74) is 1.30. The topological polar surface area (TPSA) is 86.5 Å². The van der Waals surface area contributed by atoms with E-state index in [1.165, 1.54) is 0 Å². The van der Waals surface area contributed by atoms with Gasteiger partial charge < -0.3 is 9.84 Å². The summed E-state index contributed by atoms with van der Waals surface area (Å²) in [6, 6.07) is 5.38. The molecule has 6 heteroatoms. The van der Waals surface area contributed by atoms with Crippen molar-refractivity contribution in [1.82, 2.24) is 9.88 Å². The molecular formula is C13H15N3O3. The number of hydrogen-bond donors (Lipinski definition) is 1. The Hall–Kier alpha value is -1.97. The molecule has 2 atom stereocenters. The third-order valence-corrected chi connectivity index (χ3v) is 3.30. The van der Waals surface area contributed by atoms with E-state index in [0.717, 1.165) is 5.56 Å². The molecule has 0 amide bonds. The van der Waals surface area contributed by atoms with Gasteiger partial charge in [0.05, 0.1) is 19.1 Å². The molecule has 0 spiro atoms. The summed E-state index contributed by atoms with van der Waals surface area (Å²) in [5.74, 6) is -1.33. The molecule has 0 saturated carbocycles. The lowest BCUT2D eigenvalue weighted by Gasteiger charge is -2.26. The number of nitrogens with zero attached hydrogens (tertiary/aromatic N) is 3. The van der Waals surface area contributed by atoms with Gasteiger partial charge >= 0.3 is 5.97 Å². The zero-order valence-corrected chi connectivity index (χ0v) is 10.6. The standard InChI is InChI=1S/C13H15N3O3/c1-16(12-8-19-7-11(12)13(17)18)6-9-2-3-15-10(4-9)5-14/h2-4,11-12H,6-8H2,1H3,(H,17,18). The molecule has 2 rings (SSSR count). The smallest absolute Gasteiger partial charge is 0.310 e. The van der Waals surface area contributed by atoms with E-state index >= 15 is 0 Å². The largest absolute Gasteiger partial charge is 0.481 e. The van der Waals surface area contributed by atoms with Gasteiger partial charge in [0, 0.05) is 18.8 Å². The third kappa shape index (κ3) is 3.08. The first kappa shape index (κ1) is 13.5. The molecule has 0 aromatic carbocycles. The van der Waals surface area contributed by atoms with Crippen molar-refractivity contribution in [2.24, 2.45) is 5.92 Å². The van der Waals surface area contributed by atoms with Crippen LogP contribution in [0.25, 0.3) is 0 Å². The van der Waals surface area contributed by atoms with E-state index < -0.39 is 11.9 Å². The summed E-state index contributed by atoms with van der Waals surface area (Å²) in [6.45, 7) is 1.24. The summed E-state index contributed by atoms with van der Waals surface area (Å²) in [4.78, 5) is 17.0. The van der Waals surface area contributed by atoms with Crippen molar-refractivity contribution in [1.29, 1.82) is 5.26 Å². The molecule has 1 fully saturated rings. The van der Waals surface area contributed by atoms with Crippen LogP contribution in [0.1, 0.15) is 11.3 Å². The summed E-state index contributed by atoms with van der Waals surface area (Å²) < 4.78 is 5.25. The van der Waals surface area contributed by atoms with Crippen molar-refractivity contribution in [2.75, 3.05) is 20.3 Å². The molecule has 2 heterocycles. The van der Waals surface area contributed by atoms with Crippen molar-refractivity contribution in [3.8, 4) is 6.07 Å². The number of carboxylic acid groups (broad SMARTS) is 1. The fourth-order valence-electron chi connectivity index (χ4n) is 2.25. The summed E-state index contributed by atoms with van der Waals surface area (Å²) in [5, 5.41) is 17.9. The van der Waals surface area contributed by atoms with Gasteiger partial charge in [0.2, 0.25) is 0 Å². The predicted octanol–water partition coefficient (Wildman–Crippen LogP) is 0.485. The first-order valence-corrected chi connectivity index (χ1v) is 5.97. The molecule has 1 aromatic heterocycles. The molecule has 1 N–H and O–H groups in total. The van der Waals surface area contributed by atoms with Crippen molar-refractivity contribution >= 4 is 5.97 Å². The molecule has 100 valence electrons. The Kier molecular flexibility index (Phi) is 4.10. The van der Waals surface area contributed by atoms with Crippen LogP contribution in [-0.2, 0) is 16.1 Å². The Bertz CT molecular complexity index is 512. The van der Waals surface area contributed by atoms with Crippen LogP contribution in [0.3, 0.4) is 0 Å². The van der Waals surface area contributed by atoms with Crippen LogP contribution in [0.4, 0.5) is 0 Å². The Morgan fingerprint density at radius 2 is 2.47 bits per heavy atom. The van der Waals surface area contributed by atoms with E-state index in [-0.39, 0.29) is 12.6 Å². The van der Waals surface area contributed by atoms with E-state index in [1.807, 2.05) is 24.1 Å². The maximum absolute atomic E-state index is 11.1. The number of pyridine rings is 1. The molecular weight excluding hydrogens is 246 g/mol. The molecule has 1 aromatic rings. The number of ether oxygens (including phenoxy) is 1. The number of carboxylic acids is 1. The fraction of sp³-hybridized carbons (Fsp3) is 0.462. The number of rotatable bonds is 4. The van der Waals surface area contributed by atoms with Gasteiger partial charge in [0.25, 0.3) is 0 Å². The Balaban J connectivity index is 2.06. The number of hydrogen-bond acceptors (Lipinski definition) is 5. The van der Waals surface area contributed by atoms with Gasteiger partial charge in [-0.05, 0) is 24.7 Å². The van der Waals surface area contributed by atoms with E-state index in [1.54, 1.807) is 12.3 Å². The van der Waals surface area contributed by atoms with Crippen molar-refractivity contribution in [3.63, 3.8) is 0 Å². The van der Waals surface area contributed by atoms with Gasteiger partial charge in [0.15, 0.2) is 0 Å². The minimum atomic E-state index is -0.832. The Morgan fingerprint density at radius 1 is 1.68 bits per heavy atom.